The lowest BCUT2D eigenvalue weighted by molar-refractivity contribution is -0.122. The molecule has 0 spiro atoms. The summed E-state index contributed by atoms with van der Waals surface area (Å²) in [4.78, 5) is 25.6. The number of likely N-dealkylation sites (tertiary alicyclic amines) is 1. The highest BCUT2D eigenvalue weighted by Gasteiger charge is 2.21. The van der Waals surface area contributed by atoms with Gasteiger partial charge in [-0.3, -0.25) is 9.69 Å². The highest BCUT2D eigenvalue weighted by atomic mass is 35.5. The highest BCUT2D eigenvalue weighted by molar-refractivity contribution is 6.32. The maximum atomic E-state index is 12.1. The number of hydrogen-bond donors (Lipinski definition) is 3. The molecule has 0 atom stereocenters. The molecule has 0 aliphatic carbocycles. The number of nitrogens with one attached hydrogen (secondary N) is 3. The number of halogens is 1. The largest absolute Gasteiger partial charge is 0.492 e. The van der Waals surface area contributed by atoms with Crippen molar-refractivity contribution in [1.29, 1.82) is 0 Å². The van der Waals surface area contributed by atoms with Gasteiger partial charge in [-0.1, -0.05) is 11.6 Å². The van der Waals surface area contributed by atoms with Crippen LogP contribution in [0.15, 0.2) is 18.2 Å². The fourth-order valence-electron chi connectivity index (χ4n) is 2.72. The fourth-order valence-corrected chi connectivity index (χ4v) is 2.96. The van der Waals surface area contributed by atoms with Crippen LogP contribution >= 0.6 is 11.6 Å². The molecule has 138 valence electrons. The number of amides is 3. The zero-order valence-electron chi connectivity index (χ0n) is 14.6. The van der Waals surface area contributed by atoms with E-state index in [4.69, 9.17) is 16.3 Å². The first-order chi connectivity index (χ1) is 12.0. The third kappa shape index (κ3) is 6.10. The number of benzene rings is 1. The predicted octanol–water partition coefficient (Wildman–Crippen LogP) is 2.07. The van der Waals surface area contributed by atoms with Crippen LogP contribution in [0.1, 0.15) is 19.8 Å². The van der Waals surface area contributed by atoms with Crippen LogP contribution in [0.5, 0.6) is 5.75 Å². The van der Waals surface area contributed by atoms with Gasteiger partial charge in [-0.15, -0.1) is 0 Å². The molecule has 25 heavy (non-hydrogen) atoms. The van der Waals surface area contributed by atoms with E-state index in [-0.39, 0.29) is 18.0 Å². The quantitative estimate of drug-likeness (QED) is 0.717. The van der Waals surface area contributed by atoms with Gasteiger partial charge >= 0.3 is 6.03 Å². The molecule has 8 heteroatoms. The molecule has 1 saturated heterocycles. The van der Waals surface area contributed by atoms with E-state index in [0.29, 0.717) is 29.6 Å². The molecule has 1 aliphatic rings. The van der Waals surface area contributed by atoms with Crippen LogP contribution < -0.4 is 20.7 Å². The smallest absolute Gasteiger partial charge is 0.319 e. The van der Waals surface area contributed by atoms with Gasteiger partial charge in [0.2, 0.25) is 5.91 Å². The van der Waals surface area contributed by atoms with Crippen molar-refractivity contribution in [2.45, 2.75) is 25.8 Å². The Morgan fingerprint density at radius 1 is 1.32 bits per heavy atom. The number of carbonyl (C=O) groups is 2. The Morgan fingerprint density at radius 3 is 2.64 bits per heavy atom. The molecular formula is C17H25ClN4O3. The first-order valence-electron chi connectivity index (χ1n) is 8.44. The van der Waals surface area contributed by atoms with Gasteiger partial charge < -0.3 is 20.7 Å². The fraction of sp³-hybridized carbons (Fsp3) is 0.529. The Kier molecular flexibility index (Phi) is 7.33. The van der Waals surface area contributed by atoms with Crippen molar-refractivity contribution >= 4 is 29.2 Å². The highest BCUT2D eigenvalue weighted by Crippen LogP contribution is 2.27. The average molecular weight is 369 g/mol. The Labute approximate surface area is 153 Å². The lowest BCUT2D eigenvalue weighted by Crippen LogP contribution is -2.48. The third-order valence-electron chi connectivity index (χ3n) is 4.06. The van der Waals surface area contributed by atoms with Gasteiger partial charge in [-0.05, 0) is 38.0 Å². The minimum absolute atomic E-state index is 0.0107. The van der Waals surface area contributed by atoms with E-state index in [1.165, 1.54) is 0 Å². The monoisotopic (exact) mass is 368 g/mol. The molecule has 0 radical (unpaired) electrons. The van der Waals surface area contributed by atoms with Crippen LogP contribution in [0.4, 0.5) is 10.5 Å². The zero-order chi connectivity index (χ0) is 18.2. The van der Waals surface area contributed by atoms with Crippen LogP contribution in [0.2, 0.25) is 5.02 Å². The second-order valence-electron chi connectivity index (χ2n) is 5.90. The summed E-state index contributed by atoms with van der Waals surface area (Å²) < 4.78 is 5.37. The van der Waals surface area contributed by atoms with Gasteiger partial charge in [-0.2, -0.15) is 0 Å². The molecule has 3 N–H and O–H groups in total. The first-order valence-corrected chi connectivity index (χ1v) is 8.82. The van der Waals surface area contributed by atoms with Crippen molar-refractivity contribution in [1.82, 2.24) is 15.5 Å². The van der Waals surface area contributed by atoms with Crippen molar-refractivity contribution in [2.75, 3.05) is 38.6 Å². The molecule has 1 fully saturated rings. The topological polar surface area (TPSA) is 82.7 Å². The number of nitrogens with zero attached hydrogens (tertiary/aromatic N) is 1. The summed E-state index contributed by atoms with van der Waals surface area (Å²) in [5, 5.41) is 8.83. The lowest BCUT2D eigenvalue weighted by Gasteiger charge is -2.31. The van der Waals surface area contributed by atoms with Gasteiger partial charge in [0.15, 0.2) is 0 Å². The normalized spacial score (nSPS) is 15.5. The summed E-state index contributed by atoms with van der Waals surface area (Å²) >= 11 is 6.12. The Bertz CT molecular complexity index is 604. The van der Waals surface area contributed by atoms with Crippen LogP contribution in [0.3, 0.4) is 0 Å². The van der Waals surface area contributed by atoms with Crippen LogP contribution in [-0.4, -0.2) is 56.2 Å². The lowest BCUT2D eigenvalue weighted by atomic mass is 10.1. The summed E-state index contributed by atoms with van der Waals surface area (Å²) in [5.74, 6) is 0.607. The summed E-state index contributed by atoms with van der Waals surface area (Å²) in [6.45, 7) is 4.39. The standard InChI is InChI=1S/C17H25ClN4O3/c1-3-25-15-5-4-13(10-14(15)18)21-17(24)20-12-6-8-22(9-7-12)11-16(23)19-2/h4-5,10,12H,3,6-9,11H2,1-2H3,(H,19,23)(H2,20,21,24). The predicted molar refractivity (Wildman–Crippen MR) is 98.3 cm³/mol. The summed E-state index contributed by atoms with van der Waals surface area (Å²) in [6, 6.07) is 4.99. The number of piperidine rings is 1. The molecule has 0 aromatic heterocycles. The molecule has 0 saturated carbocycles. The second kappa shape index (κ2) is 9.48. The molecule has 1 heterocycles. The van der Waals surface area contributed by atoms with E-state index in [0.717, 1.165) is 25.9 Å². The maximum Gasteiger partial charge on any atom is 0.319 e. The Morgan fingerprint density at radius 2 is 2.04 bits per heavy atom. The van der Waals surface area contributed by atoms with E-state index in [9.17, 15) is 9.59 Å². The number of urea groups is 1. The van der Waals surface area contributed by atoms with Gasteiger partial charge in [0.05, 0.1) is 18.2 Å². The molecular weight excluding hydrogens is 344 g/mol. The van der Waals surface area contributed by atoms with Crippen molar-refractivity contribution in [3.63, 3.8) is 0 Å². The van der Waals surface area contributed by atoms with Crippen molar-refractivity contribution in [3.8, 4) is 5.75 Å². The third-order valence-corrected chi connectivity index (χ3v) is 4.35. The summed E-state index contributed by atoms with van der Waals surface area (Å²) in [6.07, 6.45) is 1.63. The summed E-state index contributed by atoms with van der Waals surface area (Å²) in [7, 11) is 1.63. The Hall–Kier alpha value is -1.99. The number of rotatable bonds is 6. The number of hydrogen-bond acceptors (Lipinski definition) is 4. The van der Waals surface area contributed by atoms with E-state index >= 15 is 0 Å². The molecule has 1 aromatic carbocycles. The molecule has 1 aromatic rings. The minimum Gasteiger partial charge on any atom is -0.492 e. The molecule has 0 unspecified atom stereocenters. The van der Waals surface area contributed by atoms with E-state index < -0.39 is 0 Å². The van der Waals surface area contributed by atoms with Gasteiger partial charge in [0, 0.05) is 31.9 Å². The first kappa shape index (κ1) is 19.3. The minimum atomic E-state index is -0.259. The Balaban J connectivity index is 1.77. The SMILES string of the molecule is CCOc1ccc(NC(=O)NC2CCN(CC(=O)NC)CC2)cc1Cl. The van der Waals surface area contributed by atoms with E-state index in [1.807, 2.05) is 6.92 Å². The maximum absolute atomic E-state index is 12.1. The second-order valence-corrected chi connectivity index (χ2v) is 6.31. The molecule has 7 nitrogen and oxygen atoms in total. The zero-order valence-corrected chi connectivity index (χ0v) is 15.4. The number of anilines is 1. The van der Waals surface area contributed by atoms with Crippen LogP contribution in [-0.2, 0) is 4.79 Å². The van der Waals surface area contributed by atoms with Crippen LogP contribution in [0, 0.1) is 0 Å². The van der Waals surface area contributed by atoms with Gasteiger partial charge in [0.1, 0.15) is 5.75 Å². The number of carbonyl (C=O) groups excluding carboxylic acids is 2. The summed E-state index contributed by atoms with van der Waals surface area (Å²) in [5.41, 5.74) is 0.614. The van der Waals surface area contributed by atoms with Crippen molar-refractivity contribution in [2.24, 2.45) is 0 Å². The molecule has 0 bridgehead atoms. The number of ether oxygens (including phenoxy) is 1. The molecule has 1 aliphatic heterocycles. The number of likely N-dealkylation sites (N-methyl/N-ethyl adjacent to an activating group) is 1. The molecule has 2 rings (SSSR count). The van der Waals surface area contributed by atoms with Crippen molar-refractivity contribution < 1.29 is 14.3 Å². The van der Waals surface area contributed by atoms with Gasteiger partial charge in [-0.25, -0.2) is 4.79 Å². The average Bonchev–Trinajstić information content (AvgIpc) is 2.59. The molecule has 3 amide bonds. The van der Waals surface area contributed by atoms with E-state index in [2.05, 4.69) is 20.9 Å². The van der Waals surface area contributed by atoms with Crippen LogP contribution in [0.25, 0.3) is 0 Å². The van der Waals surface area contributed by atoms with E-state index in [1.54, 1.807) is 25.2 Å². The van der Waals surface area contributed by atoms with Crippen molar-refractivity contribution in [3.05, 3.63) is 23.2 Å². The van der Waals surface area contributed by atoms with Gasteiger partial charge in [0.25, 0.3) is 0 Å².